The Morgan fingerprint density at radius 2 is 1.77 bits per heavy atom. The molecule has 1 unspecified atom stereocenters. The lowest BCUT2D eigenvalue weighted by atomic mass is 9.88. The SMILES string of the molecule is CC(C)C(C)(CN)NC(=O)c1ccc(CS(N)(=O)=O)cc1.Cl. The van der Waals surface area contributed by atoms with Crippen LogP contribution in [0.15, 0.2) is 24.3 Å². The van der Waals surface area contributed by atoms with Gasteiger partial charge in [0.05, 0.1) is 11.3 Å². The van der Waals surface area contributed by atoms with E-state index in [1.165, 1.54) is 0 Å². The fourth-order valence-corrected chi connectivity index (χ4v) is 2.40. The predicted molar refractivity (Wildman–Crippen MR) is 90.3 cm³/mol. The number of hydrogen-bond donors (Lipinski definition) is 3. The molecule has 0 saturated heterocycles. The summed E-state index contributed by atoms with van der Waals surface area (Å²) in [4.78, 5) is 12.2. The van der Waals surface area contributed by atoms with Gasteiger partial charge in [-0.2, -0.15) is 0 Å². The van der Waals surface area contributed by atoms with Gasteiger partial charge in [-0.3, -0.25) is 4.79 Å². The van der Waals surface area contributed by atoms with E-state index < -0.39 is 15.6 Å². The Balaban J connectivity index is 0.00000441. The molecule has 0 heterocycles. The van der Waals surface area contributed by atoms with Gasteiger partial charge in [0.2, 0.25) is 10.0 Å². The van der Waals surface area contributed by atoms with Crippen LogP contribution < -0.4 is 16.2 Å². The zero-order valence-electron chi connectivity index (χ0n) is 13.0. The van der Waals surface area contributed by atoms with Gasteiger partial charge in [-0.15, -0.1) is 12.4 Å². The molecule has 6 nitrogen and oxygen atoms in total. The van der Waals surface area contributed by atoms with Gasteiger partial charge >= 0.3 is 0 Å². The normalized spacial score (nSPS) is 14.1. The highest BCUT2D eigenvalue weighted by Gasteiger charge is 2.28. The molecule has 5 N–H and O–H groups in total. The van der Waals surface area contributed by atoms with Crippen LogP contribution in [0.1, 0.15) is 36.7 Å². The fraction of sp³-hybridized carbons (Fsp3) is 0.500. The highest BCUT2D eigenvalue weighted by atomic mass is 35.5. The molecule has 0 saturated carbocycles. The quantitative estimate of drug-likeness (QED) is 0.710. The van der Waals surface area contributed by atoms with Crippen molar-refractivity contribution in [1.82, 2.24) is 5.32 Å². The highest BCUT2D eigenvalue weighted by molar-refractivity contribution is 7.88. The van der Waals surface area contributed by atoms with Crippen LogP contribution in [0.4, 0.5) is 0 Å². The second-order valence-corrected chi connectivity index (χ2v) is 7.35. The van der Waals surface area contributed by atoms with Crippen molar-refractivity contribution in [3.05, 3.63) is 35.4 Å². The number of hydrogen-bond acceptors (Lipinski definition) is 4. The number of nitrogens with two attached hydrogens (primary N) is 2. The average Bonchev–Trinajstić information content (AvgIpc) is 2.37. The van der Waals surface area contributed by atoms with Crippen molar-refractivity contribution in [2.24, 2.45) is 16.8 Å². The van der Waals surface area contributed by atoms with Crippen molar-refractivity contribution in [2.45, 2.75) is 32.1 Å². The van der Waals surface area contributed by atoms with Crippen molar-refractivity contribution >= 4 is 28.3 Å². The van der Waals surface area contributed by atoms with Crippen molar-refractivity contribution in [1.29, 1.82) is 0 Å². The van der Waals surface area contributed by atoms with E-state index in [0.29, 0.717) is 17.7 Å². The molecular formula is C14H24ClN3O3S. The highest BCUT2D eigenvalue weighted by Crippen LogP contribution is 2.16. The number of benzene rings is 1. The van der Waals surface area contributed by atoms with Crippen LogP contribution >= 0.6 is 12.4 Å². The molecule has 0 fully saturated rings. The Morgan fingerprint density at radius 3 is 2.14 bits per heavy atom. The minimum Gasteiger partial charge on any atom is -0.345 e. The lowest BCUT2D eigenvalue weighted by Gasteiger charge is -2.33. The predicted octanol–water partition coefficient (Wildman–Crippen LogP) is 1.00. The zero-order chi connectivity index (χ0) is 16.3. The molecule has 0 aliphatic rings. The van der Waals surface area contributed by atoms with Gasteiger partial charge in [-0.25, -0.2) is 13.6 Å². The number of carbonyl (C=O) groups excluding carboxylic acids is 1. The molecule has 0 aliphatic carbocycles. The van der Waals surface area contributed by atoms with Crippen molar-refractivity contribution in [3.63, 3.8) is 0 Å². The molecule has 0 aliphatic heterocycles. The van der Waals surface area contributed by atoms with Gasteiger partial charge in [-0.1, -0.05) is 26.0 Å². The van der Waals surface area contributed by atoms with E-state index in [-0.39, 0.29) is 30.0 Å². The third-order valence-electron chi connectivity index (χ3n) is 3.68. The van der Waals surface area contributed by atoms with Crippen LogP contribution in [-0.2, 0) is 15.8 Å². The Kier molecular flexibility index (Phi) is 7.50. The van der Waals surface area contributed by atoms with E-state index in [1.54, 1.807) is 24.3 Å². The van der Waals surface area contributed by atoms with Crippen LogP contribution in [0.25, 0.3) is 0 Å². The number of sulfonamides is 1. The van der Waals surface area contributed by atoms with Crippen LogP contribution in [-0.4, -0.2) is 26.4 Å². The number of halogens is 1. The summed E-state index contributed by atoms with van der Waals surface area (Å²) in [6.07, 6.45) is 0. The largest absolute Gasteiger partial charge is 0.345 e. The van der Waals surface area contributed by atoms with E-state index in [2.05, 4.69) is 5.32 Å². The summed E-state index contributed by atoms with van der Waals surface area (Å²) in [6.45, 7) is 6.20. The Morgan fingerprint density at radius 1 is 1.27 bits per heavy atom. The maximum Gasteiger partial charge on any atom is 0.251 e. The van der Waals surface area contributed by atoms with Gasteiger partial charge in [0.25, 0.3) is 5.91 Å². The Labute approximate surface area is 138 Å². The molecule has 0 bridgehead atoms. The van der Waals surface area contributed by atoms with E-state index >= 15 is 0 Å². The lowest BCUT2D eigenvalue weighted by Crippen LogP contribution is -2.55. The molecule has 8 heteroatoms. The molecule has 0 aromatic heterocycles. The van der Waals surface area contributed by atoms with E-state index in [1.807, 2.05) is 20.8 Å². The number of nitrogens with one attached hydrogen (secondary N) is 1. The summed E-state index contributed by atoms with van der Waals surface area (Å²) in [5.74, 6) is -0.298. The first-order valence-electron chi connectivity index (χ1n) is 6.69. The molecule has 0 spiro atoms. The van der Waals surface area contributed by atoms with E-state index in [9.17, 15) is 13.2 Å². The first-order valence-corrected chi connectivity index (χ1v) is 8.41. The Bertz CT molecular complexity index is 602. The maximum atomic E-state index is 12.2. The van der Waals surface area contributed by atoms with E-state index in [4.69, 9.17) is 10.9 Å². The second kappa shape index (κ2) is 7.92. The fourth-order valence-electron chi connectivity index (χ4n) is 1.75. The van der Waals surface area contributed by atoms with E-state index in [0.717, 1.165) is 0 Å². The standard InChI is InChI=1S/C14H23N3O3S.ClH/c1-10(2)14(3,9-15)17-13(18)12-6-4-11(5-7-12)8-21(16,19)20;/h4-7,10H,8-9,15H2,1-3H3,(H,17,18)(H2,16,19,20);1H. The average molecular weight is 350 g/mol. The van der Waals surface area contributed by atoms with Crippen molar-refractivity contribution in [3.8, 4) is 0 Å². The Hall–Kier alpha value is -1.15. The molecule has 1 atom stereocenters. The summed E-state index contributed by atoms with van der Waals surface area (Å²) < 4.78 is 22.0. The van der Waals surface area contributed by atoms with Crippen molar-refractivity contribution < 1.29 is 13.2 Å². The smallest absolute Gasteiger partial charge is 0.251 e. The van der Waals surface area contributed by atoms with Gasteiger partial charge in [0.15, 0.2) is 0 Å². The van der Waals surface area contributed by atoms with Gasteiger partial charge in [0, 0.05) is 12.1 Å². The van der Waals surface area contributed by atoms with Gasteiger partial charge in [0.1, 0.15) is 0 Å². The first kappa shape index (κ1) is 20.9. The molecule has 1 amide bonds. The molecule has 1 rings (SSSR count). The molecule has 22 heavy (non-hydrogen) atoms. The van der Waals surface area contributed by atoms with Crippen LogP contribution in [0, 0.1) is 5.92 Å². The summed E-state index contributed by atoms with van der Waals surface area (Å²) in [5.41, 5.74) is 6.24. The molecule has 126 valence electrons. The summed E-state index contributed by atoms with van der Waals surface area (Å²) in [6, 6.07) is 6.31. The topological polar surface area (TPSA) is 115 Å². The molecule has 1 aromatic carbocycles. The monoisotopic (exact) mass is 349 g/mol. The maximum absolute atomic E-state index is 12.2. The lowest BCUT2D eigenvalue weighted by molar-refractivity contribution is 0.0883. The van der Waals surface area contributed by atoms with Crippen LogP contribution in [0.5, 0.6) is 0 Å². The molecular weight excluding hydrogens is 326 g/mol. The second-order valence-electron chi connectivity index (χ2n) is 5.73. The first-order chi connectivity index (χ1) is 9.57. The zero-order valence-corrected chi connectivity index (χ0v) is 14.6. The summed E-state index contributed by atoms with van der Waals surface area (Å²) in [7, 11) is -3.57. The minimum atomic E-state index is -3.57. The van der Waals surface area contributed by atoms with Gasteiger partial charge in [-0.05, 0) is 30.5 Å². The number of primary sulfonamides is 1. The van der Waals surface area contributed by atoms with Crippen molar-refractivity contribution in [2.75, 3.05) is 6.54 Å². The number of rotatable bonds is 6. The number of amides is 1. The minimum absolute atomic E-state index is 0. The third-order valence-corrected chi connectivity index (χ3v) is 4.42. The van der Waals surface area contributed by atoms with Crippen LogP contribution in [0.3, 0.4) is 0 Å². The summed E-state index contributed by atoms with van der Waals surface area (Å²) in [5, 5.41) is 7.90. The number of carbonyl (C=O) groups is 1. The summed E-state index contributed by atoms with van der Waals surface area (Å²) >= 11 is 0. The third kappa shape index (κ3) is 5.92. The van der Waals surface area contributed by atoms with Gasteiger partial charge < -0.3 is 11.1 Å². The molecule has 1 aromatic rings. The van der Waals surface area contributed by atoms with Crippen LogP contribution in [0.2, 0.25) is 0 Å². The molecule has 0 radical (unpaired) electrons.